The maximum absolute atomic E-state index is 3.63. The van der Waals surface area contributed by atoms with Gasteiger partial charge in [0, 0.05) is 17.0 Å². The fourth-order valence-corrected chi connectivity index (χ4v) is 2.44. The third-order valence-corrected chi connectivity index (χ3v) is 4.01. The Labute approximate surface area is 91.5 Å². The number of aryl methyl sites for hydroxylation is 1. The van der Waals surface area contributed by atoms with Crippen LogP contribution in [0, 0.1) is 12.8 Å². The Balaban J connectivity index is 2.59. The Morgan fingerprint density at radius 1 is 1.21 bits per heavy atom. The predicted molar refractivity (Wildman–Crippen MR) is 64.9 cm³/mol. The molecule has 0 aliphatic carbocycles. The van der Waals surface area contributed by atoms with Gasteiger partial charge in [0.05, 0.1) is 0 Å². The van der Waals surface area contributed by atoms with Crippen molar-refractivity contribution in [3.8, 4) is 0 Å². The van der Waals surface area contributed by atoms with Gasteiger partial charge in [-0.25, -0.2) is 0 Å². The molecule has 0 aliphatic heterocycles. The van der Waals surface area contributed by atoms with Gasteiger partial charge in [-0.2, -0.15) is 0 Å². The van der Waals surface area contributed by atoms with Gasteiger partial charge in [0.1, 0.15) is 0 Å². The average molecular weight is 211 g/mol. The summed E-state index contributed by atoms with van der Waals surface area (Å²) in [6, 6.07) is 3.25. The van der Waals surface area contributed by atoms with Gasteiger partial charge in [-0.05, 0) is 43.7 Å². The molecule has 14 heavy (non-hydrogen) atoms. The summed E-state index contributed by atoms with van der Waals surface area (Å²) in [4.78, 5) is 1.47. The van der Waals surface area contributed by atoms with Gasteiger partial charge < -0.3 is 5.32 Å². The zero-order valence-corrected chi connectivity index (χ0v) is 10.6. The molecule has 0 aliphatic rings. The van der Waals surface area contributed by atoms with E-state index in [-0.39, 0.29) is 0 Å². The van der Waals surface area contributed by atoms with Crippen molar-refractivity contribution >= 4 is 11.3 Å². The second kappa shape index (κ2) is 4.94. The monoisotopic (exact) mass is 211 g/mol. The molecule has 1 rings (SSSR count). The summed E-state index contributed by atoms with van der Waals surface area (Å²) in [5, 5.41) is 5.80. The van der Waals surface area contributed by atoms with Crippen LogP contribution in [-0.2, 0) is 0 Å². The van der Waals surface area contributed by atoms with E-state index in [2.05, 4.69) is 51.4 Å². The average Bonchev–Trinajstić information content (AvgIpc) is 2.51. The van der Waals surface area contributed by atoms with Crippen LogP contribution in [-0.4, -0.2) is 6.04 Å². The molecule has 1 heterocycles. The Hall–Kier alpha value is -0.340. The molecular formula is C12H21NS. The largest absolute Gasteiger partial charge is 0.307 e. The highest BCUT2D eigenvalue weighted by Crippen LogP contribution is 2.24. The van der Waals surface area contributed by atoms with Gasteiger partial charge in [-0.3, -0.25) is 0 Å². The molecule has 0 aromatic carbocycles. The van der Waals surface area contributed by atoms with Crippen molar-refractivity contribution in [1.29, 1.82) is 0 Å². The minimum absolute atomic E-state index is 0.479. The second-order valence-corrected chi connectivity index (χ2v) is 5.34. The predicted octanol–water partition coefficient (Wildman–Crippen LogP) is 3.75. The van der Waals surface area contributed by atoms with Crippen LogP contribution in [0.15, 0.2) is 11.4 Å². The number of hydrogen-bond acceptors (Lipinski definition) is 2. The van der Waals surface area contributed by atoms with Crippen LogP contribution in [0.25, 0.3) is 0 Å². The molecule has 1 nitrogen and oxygen atoms in total. The maximum Gasteiger partial charge on any atom is 0.0390 e. The highest BCUT2D eigenvalue weighted by atomic mass is 32.1. The highest BCUT2D eigenvalue weighted by Gasteiger charge is 2.14. The molecule has 1 N–H and O–H groups in total. The number of thiophene rings is 1. The molecule has 0 amide bonds. The highest BCUT2D eigenvalue weighted by molar-refractivity contribution is 7.10. The zero-order chi connectivity index (χ0) is 10.7. The van der Waals surface area contributed by atoms with E-state index in [9.17, 15) is 0 Å². The third-order valence-electron chi connectivity index (χ3n) is 2.81. The Morgan fingerprint density at radius 2 is 1.86 bits per heavy atom. The lowest BCUT2D eigenvalue weighted by atomic mass is 10.0. The van der Waals surface area contributed by atoms with Crippen LogP contribution in [0.5, 0.6) is 0 Å². The summed E-state index contributed by atoms with van der Waals surface area (Å²) in [5.41, 5.74) is 1.41. The summed E-state index contributed by atoms with van der Waals surface area (Å²) in [5.74, 6) is 0.692. The lowest BCUT2D eigenvalue weighted by Crippen LogP contribution is -2.32. The van der Waals surface area contributed by atoms with Crippen LogP contribution >= 0.6 is 11.3 Å². The molecular weight excluding hydrogens is 190 g/mol. The summed E-state index contributed by atoms with van der Waals surface area (Å²) >= 11 is 1.85. The molecule has 0 spiro atoms. The fraction of sp³-hybridized carbons (Fsp3) is 0.667. The molecule has 0 fully saturated rings. The molecule has 0 radical (unpaired) electrons. The van der Waals surface area contributed by atoms with Crippen LogP contribution in [0.4, 0.5) is 0 Å². The molecule has 0 bridgehead atoms. The van der Waals surface area contributed by atoms with Gasteiger partial charge in [-0.1, -0.05) is 13.8 Å². The van der Waals surface area contributed by atoms with Gasteiger partial charge in [0.2, 0.25) is 0 Å². The fourth-order valence-electron chi connectivity index (χ4n) is 1.49. The number of nitrogens with one attached hydrogen (secondary N) is 1. The van der Waals surface area contributed by atoms with E-state index in [1.54, 1.807) is 0 Å². The first-order valence-corrected chi connectivity index (χ1v) is 6.20. The van der Waals surface area contributed by atoms with Gasteiger partial charge in [-0.15, -0.1) is 11.3 Å². The van der Waals surface area contributed by atoms with E-state index in [1.807, 2.05) is 11.3 Å². The van der Waals surface area contributed by atoms with Gasteiger partial charge in [0.25, 0.3) is 0 Å². The van der Waals surface area contributed by atoms with E-state index in [4.69, 9.17) is 0 Å². The number of hydrogen-bond donors (Lipinski definition) is 1. The number of rotatable bonds is 4. The Kier molecular flexibility index (Phi) is 4.14. The van der Waals surface area contributed by atoms with Crippen molar-refractivity contribution < 1.29 is 0 Å². The molecule has 2 atom stereocenters. The summed E-state index contributed by atoms with van der Waals surface area (Å²) in [7, 11) is 0. The molecule has 1 aromatic heterocycles. The lowest BCUT2D eigenvalue weighted by Gasteiger charge is -2.22. The van der Waals surface area contributed by atoms with E-state index < -0.39 is 0 Å². The van der Waals surface area contributed by atoms with Gasteiger partial charge in [0.15, 0.2) is 0 Å². The maximum atomic E-state index is 3.63. The third kappa shape index (κ3) is 2.82. The first-order valence-electron chi connectivity index (χ1n) is 5.32. The van der Waals surface area contributed by atoms with E-state index in [1.165, 1.54) is 10.4 Å². The molecule has 2 heteroatoms. The van der Waals surface area contributed by atoms with Crippen LogP contribution in [0.3, 0.4) is 0 Å². The second-order valence-electron chi connectivity index (χ2n) is 4.39. The molecule has 0 saturated carbocycles. The van der Waals surface area contributed by atoms with Crippen molar-refractivity contribution in [2.45, 2.75) is 46.7 Å². The normalized spacial score (nSPS) is 15.9. The smallest absolute Gasteiger partial charge is 0.0390 e. The van der Waals surface area contributed by atoms with Gasteiger partial charge >= 0.3 is 0 Å². The Morgan fingerprint density at radius 3 is 2.29 bits per heavy atom. The SMILES string of the molecule is Cc1ccsc1[C@@H](C)N[C@@H](C)C(C)C. The Bertz CT molecular complexity index is 278. The topological polar surface area (TPSA) is 12.0 Å². The van der Waals surface area contributed by atoms with Crippen molar-refractivity contribution in [3.05, 3.63) is 21.9 Å². The van der Waals surface area contributed by atoms with Crippen molar-refractivity contribution in [2.24, 2.45) is 5.92 Å². The van der Waals surface area contributed by atoms with E-state index >= 15 is 0 Å². The minimum atomic E-state index is 0.479. The molecule has 0 saturated heterocycles. The minimum Gasteiger partial charge on any atom is -0.307 e. The van der Waals surface area contributed by atoms with Crippen molar-refractivity contribution in [3.63, 3.8) is 0 Å². The molecule has 80 valence electrons. The van der Waals surface area contributed by atoms with E-state index in [0.29, 0.717) is 18.0 Å². The lowest BCUT2D eigenvalue weighted by molar-refractivity contribution is 0.391. The van der Waals surface area contributed by atoms with Crippen LogP contribution in [0.2, 0.25) is 0 Å². The first kappa shape index (κ1) is 11.7. The summed E-state index contributed by atoms with van der Waals surface area (Å²) in [6.07, 6.45) is 0. The van der Waals surface area contributed by atoms with Crippen LogP contribution in [0.1, 0.15) is 44.2 Å². The first-order chi connectivity index (χ1) is 6.52. The van der Waals surface area contributed by atoms with Crippen molar-refractivity contribution in [2.75, 3.05) is 0 Å². The van der Waals surface area contributed by atoms with Crippen molar-refractivity contribution in [1.82, 2.24) is 5.32 Å². The summed E-state index contributed by atoms with van der Waals surface area (Å²) in [6.45, 7) is 11.2. The quantitative estimate of drug-likeness (QED) is 0.799. The molecule has 0 unspecified atom stereocenters. The summed E-state index contributed by atoms with van der Waals surface area (Å²) < 4.78 is 0. The zero-order valence-electron chi connectivity index (χ0n) is 9.79. The molecule has 1 aromatic rings. The standard InChI is InChI=1S/C12H21NS/c1-8(2)10(4)13-11(5)12-9(3)6-7-14-12/h6-8,10-11,13H,1-5H3/t10-,11+/m0/s1. The van der Waals surface area contributed by atoms with E-state index in [0.717, 1.165) is 0 Å². The van der Waals surface area contributed by atoms with Crippen LogP contribution < -0.4 is 5.32 Å².